The van der Waals surface area contributed by atoms with E-state index in [1.165, 1.54) is 13.3 Å². The van der Waals surface area contributed by atoms with Crippen molar-refractivity contribution in [1.29, 1.82) is 0 Å². The average molecular weight is 363 g/mol. The Morgan fingerprint density at radius 3 is 2.73 bits per heavy atom. The van der Waals surface area contributed by atoms with Crippen LogP contribution < -0.4 is 10.2 Å². The predicted molar refractivity (Wildman–Crippen MR) is 88.2 cm³/mol. The molecule has 2 rings (SSSR count). The van der Waals surface area contributed by atoms with E-state index in [4.69, 9.17) is 4.74 Å². The number of methoxy groups -OCH3 is 1. The lowest BCUT2D eigenvalue weighted by molar-refractivity contribution is -0.120. The molecule has 0 aliphatic rings. The van der Waals surface area contributed by atoms with Crippen LogP contribution in [0.25, 0.3) is 0 Å². The van der Waals surface area contributed by atoms with Gasteiger partial charge in [-0.1, -0.05) is 34.1 Å². The number of nitrogens with zero attached hydrogens (tertiary/aromatic N) is 1. The lowest BCUT2D eigenvalue weighted by Gasteiger charge is -2.05. The molecule has 0 saturated heterocycles. The number of amides is 1. The number of para-hydroxylation sites is 1. The summed E-state index contributed by atoms with van der Waals surface area (Å²) in [6.45, 7) is 0. The van der Waals surface area contributed by atoms with Crippen LogP contribution in [0.3, 0.4) is 0 Å². The standard InChI is InChI=1S/C16H15BrN2O3/c1-22-14-4-2-3-12(16(14)21)10-18-19-15(20)9-11-5-7-13(17)8-6-11/h2-8,10,21H,9H2,1H3,(H,19,20)/b18-10+. The van der Waals surface area contributed by atoms with Gasteiger partial charge in [0, 0.05) is 10.0 Å². The Bertz CT molecular complexity index is 684. The summed E-state index contributed by atoms with van der Waals surface area (Å²) in [5, 5.41) is 13.7. The molecule has 22 heavy (non-hydrogen) atoms. The van der Waals surface area contributed by atoms with Gasteiger partial charge in [-0.15, -0.1) is 0 Å². The zero-order valence-electron chi connectivity index (χ0n) is 11.9. The molecule has 0 spiro atoms. The molecule has 1 amide bonds. The van der Waals surface area contributed by atoms with Crippen LogP contribution in [0.15, 0.2) is 52.0 Å². The third-order valence-corrected chi connectivity index (χ3v) is 3.45. The number of halogens is 1. The van der Waals surface area contributed by atoms with E-state index in [0.717, 1.165) is 10.0 Å². The smallest absolute Gasteiger partial charge is 0.244 e. The topological polar surface area (TPSA) is 70.9 Å². The minimum Gasteiger partial charge on any atom is -0.504 e. The van der Waals surface area contributed by atoms with Gasteiger partial charge in [0.05, 0.1) is 19.7 Å². The van der Waals surface area contributed by atoms with Gasteiger partial charge in [-0.2, -0.15) is 5.10 Å². The van der Waals surface area contributed by atoms with Crippen molar-refractivity contribution >= 4 is 28.1 Å². The van der Waals surface area contributed by atoms with Crippen LogP contribution >= 0.6 is 15.9 Å². The number of carbonyl (C=O) groups excluding carboxylic acids is 1. The second kappa shape index (κ2) is 7.61. The molecule has 0 radical (unpaired) electrons. The van der Waals surface area contributed by atoms with E-state index in [1.54, 1.807) is 18.2 Å². The van der Waals surface area contributed by atoms with E-state index in [9.17, 15) is 9.90 Å². The van der Waals surface area contributed by atoms with Crippen LogP contribution in [0, 0.1) is 0 Å². The summed E-state index contributed by atoms with van der Waals surface area (Å²) in [7, 11) is 1.47. The third kappa shape index (κ3) is 4.33. The molecule has 0 unspecified atom stereocenters. The van der Waals surface area contributed by atoms with Gasteiger partial charge >= 0.3 is 0 Å². The number of carbonyl (C=O) groups is 1. The molecule has 0 atom stereocenters. The van der Waals surface area contributed by atoms with E-state index < -0.39 is 0 Å². The largest absolute Gasteiger partial charge is 0.504 e. The molecule has 0 bridgehead atoms. The van der Waals surface area contributed by atoms with Crippen LogP contribution in [-0.2, 0) is 11.2 Å². The maximum absolute atomic E-state index is 11.8. The minimum atomic E-state index is -0.235. The van der Waals surface area contributed by atoms with Crippen LogP contribution in [-0.4, -0.2) is 24.3 Å². The van der Waals surface area contributed by atoms with Crippen molar-refractivity contribution in [1.82, 2.24) is 5.43 Å². The van der Waals surface area contributed by atoms with Crippen molar-refractivity contribution in [3.05, 3.63) is 58.1 Å². The first kappa shape index (κ1) is 16.0. The average Bonchev–Trinajstić information content (AvgIpc) is 2.51. The summed E-state index contributed by atoms with van der Waals surface area (Å²) in [5.41, 5.74) is 3.78. The minimum absolute atomic E-state index is 0.0177. The van der Waals surface area contributed by atoms with Gasteiger partial charge in [-0.05, 0) is 29.8 Å². The maximum atomic E-state index is 11.8. The number of hydrazone groups is 1. The molecule has 114 valence electrons. The third-order valence-electron chi connectivity index (χ3n) is 2.92. The van der Waals surface area contributed by atoms with Gasteiger partial charge in [0.2, 0.25) is 5.91 Å². The second-order valence-electron chi connectivity index (χ2n) is 4.49. The molecule has 2 aromatic rings. The van der Waals surface area contributed by atoms with Crippen molar-refractivity contribution in [2.45, 2.75) is 6.42 Å². The molecule has 5 nitrogen and oxygen atoms in total. The lowest BCUT2D eigenvalue weighted by Crippen LogP contribution is -2.19. The highest BCUT2D eigenvalue weighted by atomic mass is 79.9. The first-order valence-corrected chi connectivity index (χ1v) is 7.32. The number of rotatable bonds is 5. The van der Waals surface area contributed by atoms with Gasteiger partial charge in [0.25, 0.3) is 0 Å². The number of phenolic OH excluding ortho intramolecular Hbond substituents is 1. The number of benzene rings is 2. The van der Waals surface area contributed by atoms with Crippen LogP contribution in [0.2, 0.25) is 0 Å². The first-order valence-electron chi connectivity index (χ1n) is 6.52. The molecule has 0 saturated carbocycles. The summed E-state index contributed by atoms with van der Waals surface area (Å²) in [4.78, 5) is 11.8. The fraction of sp³-hybridized carbons (Fsp3) is 0.125. The number of hydrogen-bond donors (Lipinski definition) is 2. The van der Waals surface area contributed by atoms with E-state index >= 15 is 0 Å². The molecule has 6 heteroatoms. The van der Waals surface area contributed by atoms with Crippen molar-refractivity contribution in [3.63, 3.8) is 0 Å². The summed E-state index contributed by atoms with van der Waals surface area (Å²) in [6.07, 6.45) is 1.60. The van der Waals surface area contributed by atoms with Crippen LogP contribution in [0.4, 0.5) is 0 Å². The Morgan fingerprint density at radius 1 is 1.32 bits per heavy atom. The summed E-state index contributed by atoms with van der Waals surface area (Å²) >= 11 is 3.34. The van der Waals surface area contributed by atoms with Crippen molar-refractivity contribution in [2.24, 2.45) is 5.10 Å². The zero-order chi connectivity index (χ0) is 15.9. The molecule has 0 aromatic heterocycles. The lowest BCUT2D eigenvalue weighted by atomic mass is 10.1. The molecule has 2 aromatic carbocycles. The molecule has 2 N–H and O–H groups in total. The molecule has 0 fully saturated rings. The summed E-state index contributed by atoms with van der Waals surface area (Å²) in [5.74, 6) is 0.0991. The fourth-order valence-electron chi connectivity index (χ4n) is 1.81. The van der Waals surface area contributed by atoms with Crippen LogP contribution in [0.5, 0.6) is 11.5 Å². The number of phenols is 1. The van der Waals surface area contributed by atoms with Crippen molar-refractivity contribution in [2.75, 3.05) is 7.11 Å². The fourth-order valence-corrected chi connectivity index (χ4v) is 2.07. The van der Waals surface area contributed by atoms with E-state index in [-0.39, 0.29) is 18.1 Å². The van der Waals surface area contributed by atoms with Crippen molar-refractivity contribution in [3.8, 4) is 11.5 Å². The van der Waals surface area contributed by atoms with Crippen molar-refractivity contribution < 1.29 is 14.6 Å². The molecule has 0 aliphatic heterocycles. The molecular weight excluding hydrogens is 348 g/mol. The monoisotopic (exact) mass is 362 g/mol. The molecule has 0 heterocycles. The Balaban J connectivity index is 1.94. The highest BCUT2D eigenvalue weighted by Gasteiger charge is 2.05. The summed E-state index contributed by atoms with van der Waals surface area (Å²) in [6, 6.07) is 12.5. The SMILES string of the molecule is COc1cccc(/C=N/NC(=O)Cc2ccc(Br)cc2)c1O. The quantitative estimate of drug-likeness (QED) is 0.634. The van der Waals surface area contributed by atoms with Gasteiger partial charge in [0.15, 0.2) is 11.5 Å². The van der Waals surface area contributed by atoms with Gasteiger partial charge in [-0.3, -0.25) is 4.79 Å². The Kier molecular flexibility index (Phi) is 5.55. The van der Waals surface area contributed by atoms with Gasteiger partial charge in [-0.25, -0.2) is 5.43 Å². The van der Waals surface area contributed by atoms with Crippen LogP contribution in [0.1, 0.15) is 11.1 Å². The Labute approximate surface area is 136 Å². The normalized spacial score (nSPS) is 10.6. The number of ether oxygens (including phenoxy) is 1. The van der Waals surface area contributed by atoms with Gasteiger partial charge < -0.3 is 9.84 Å². The highest BCUT2D eigenvalue weighted by molar-refractivity contribution is 9.10. The zero-order valence-corrected chi connectivity index (χ0v) is 13.5. The Morgan fingerprint density at radius 2 is 2.05 bits per heavy atom. The van der Waals surface area contributed by atoms with E-state index in [1.807, 2.05) is 24.3 Å². The molecular formula is C16H15BrN2O3. The number of hydrogen-bond acceptors (Lipinski definition) is 4. The number of aromatic hydroxyl groups is 1. The predicted octanol–water partition coefficient (Wildman–Crippen LogP) is 2.86. The summed E-state index contributed by atoms with van der Waals surface area (Å²) < 4.78 is 5.96. The first-order chi connectivity index (χ1) is 10.6. The second-order valence-corrected chi connectivity index (χ2v) is 5.41. The molecule has 0 aliphatic carbocycles. The Hall–Kier alpha value is -2.34. The number of nitrogens with one attached hydrogen (secondary N) is 1. The maximum Gasteiger partial charge on any atom is 0.244 e. The highest BCUT2D eigenvalue weighted by Crippen LogP contribution is 2.27. The van der Waals surface area contributed by atoms with E-state index in [0.29, 0.717) is 11.3 Å². The van der Waals surface area contributed by atoms with E-state index in [2.05, 4.69) is 26.5 Å². The van der Waals surface area contributed by atoms with Gasteiger partial charge in [0.1, 0.15) is 0 Å².